The van der Waals surface area contributed by atoms with Crippen LogP contribution in [0.2, 0.25) is 0 Å². The maximum Gasteiger partial charge on any atom is 0.258 e. The lowest BCUT2D eigenvalue weighted by molar-refractivity contribution is 0.537. The third-order valence-corrected chi connectivity index (χ3v) is 5.36. The lowest BCUT2D eigenvalue weighted by Crippen LogP contribution is -2.28. The molecule has 2 rings (SSSR count). The summed E-state index contributed by atoms with van der Waals surface area (Å²) in [6.07, 6.45) is 3.74. The Labute approximate surface area is 123 Å². The fourth-order valence-electron chi connectivity index (χ4n) is 1.95. The number of aryl methyl sites for hydroxylation is 1. The first-order valence-corrected chi connectivity index (χ1v) is 9.02. The molecule has 5 nitrogen and oxygen atoms in total. The predicted octanol–water partition coefficient (Wildman–Crippen LogP) is 2.85. The molecule has 7 heteroatoms. The highest BCUT2D eigenvalue weighted by Gasteiger charge is 2.23. The van der Waals surface area contributed by atoms with Gasteiger partial charge in [0.1, 0.15) is 5.82 Å². The number of sulfonamides is 1. The van der Waals surface area contributed by atoms with Crippen molar-refractivity contribution >= 4 is 21.4 Å². The van der Waals surface area contributed by atoms with Gasteiger partial charge in [0, 0.05) is 11.3 Å². The van der Waals surface area contributed by atoms with E-state index in [0.29, 0.717) is 12.2 Å². The average Bonchev–Trinajstić information content (AvgIpc) is 3.09. The Hall–Kier alpha value is -1.18. The Bertz CT molecular complexity index is 632. The van der Waals surface area contributed by atoms with Crippen molar-refractivity contribution in [1.29, 1.82) is 0 Å². The van der Waals surface area contributed by atoms with Crippen LogP contribution < -0.4 is 4.72 Å². The smallest absolute Gasteiger partial charge is 0.258 e. The van der Waals surface area contributed by atoms with Gasteiger partial charge >= 0.3 is 0 Å². The van der Waals surface area contributed by atoms with Crippen molar-refractivity contribution in [1.82, 2.24) is 14.7 Å². The molecule has 20 heavy (non-hydrogen) atoms. The van der Waals surface area contributed by atoms with E-state index >= 15 is 0 Å². The SMILES string of the molecule is CCCC(NS(=O)(=O)c1cnc(CC)[nH]1)c1cccs1. The Kier molecular flexibility index (Phi) is 4.95. The van der Waals surface area contributed by atoms with Crippen LogP contribution in [0.15, 0.2) is 28.7 Å². The fourth-order valence-corrected chi connectivity index (χ4v) is 4.02. The van der Waals surface area contributed by atoms with Gasteiger partial charge in [-0.3, -0.25) is 0 Å². The highest BCUT2D eigenvalue weighted by molar-refractivity contribution is 7.89. The number of rotatable bonds is 7. The molecule has 0 radical (unpaired) electrons. The van der Waals surface area contributed by atoms with Gasteiger partial charge in [0.2, 0.25) is 0 Å². The minimum Gasteiger partial charge on any atom is -0.332 e. The summed E-state index contributed by atoms with van der Waals surface area (Å²) in [6, 6.07) is 3.71. The quantitative estimate of drug-likeness (QED) is 0.825. The second kappa shape index (κ2) is 6.51. The number of aromatic amines is 1. The minimum absolute atomic E-state index is 0.131. The molecule has 0 saturated heterocycles. The van der Waals surface area contributed by atoms with E-state index in [4.69, 9.17) is 0 Å². The summed E-state index contributed by atoms with van der Waals surface area (Å²) in [4.78, 5) is 7.92. The van der Waals surface area contributed by atoms with E-state index in [1.54, 1.807) is 11.3 Å². The van der Waals surface area contributed by atoms with Crippen LogP contribution in [0.25, 0.3) is 0 Å². The molecule has 1 atom stereocenters. The van der Waals surface area contributed by atoms with Gasteiger partial charge in [0.05, 0.1) is 12.2 Å². The first-order valence-electron chi connectivity index (χ1n) is 6.66. The Morgan fingerprint density at radius 3 is 2.80 bits per heavy atom. The van der Waals surface area contributed by atoms with Crippen molar-refractivity contribution in [3.05, 3.63) is 34.4 Å². The van der Waals surface area contributed by atoms with Crippen LogP contribution in [0.5, 0.6) is 0 Å². The number of imidazole rings is 1. The number of nitrogens with one attached hydrogen (secondary N) is 2. The number of H-pyrrole nitrogens is 1. The molecule has 0 bridgehead atoms. The van der Waals surface area contributed by atoms with Gasteiger partial charge in [0.15, 0.2) is 5.03 Å². The molecule has 2 aromatic heterocycles. The second-order valence-corrected chi connectivity index (χ2v) is 7.19. The molecular weight excluding hydrogens is 294 g/mol. The Balaban J connectivity index is 2.20. The van der Waals surface area contributed by atoms with Crippen molar-refractivity contribution in [2.24, 2.45) is 0 Å². The summed E-state index contributed by atoms with van der Waals surface area (Å²) < 4.78 is 27.5. The van der Waals surface area contributed by atoms with Gasteiger partial charge in [-0.25, -0.2) is 18.1 Å². The van der Waals surface area contributed by atoms with E-state index < -0.39 is 10.0 Å². The zero-order valence-corrected chi connectivity index (χ0v) is 13.2. The second-order valence-electron chi connectivity index (χ2n) is 4.53. The predicted molar refractivity (Wildman–Crippen MR) is 80.3 cm³/mol. The average molecular weight is 313 g/mol. The van der Waals surface area contributed by atoms with Crippen LogP contribution in [-0.2, 0) is 16.4 Å². The van der Waals surface area contributed by atoms with E-state index in [0.717, 1.165) is 17.7 Å². The topological polar surface area (TPSA) is 74.8 Å². The number of hydrogen-bond donors (Lipinski definition) is 2. The van der Waals surface area contributed by atoms with Crippen molar-refractivity contribution in [2.45, 2.75) is 44.2 Å². The summed E-state index contributed by atoms with van der Waals surface area (Å²) in [5, 5.41) is 2.09. The Morgan fingerprint density at radius 1 is 1.45 bits per heavy atom. The van der Waals surface area contributed by atoms with Crippen molar-refractivity contribution in [3.8, 4) is 0 Å². The summed E-state index contributed by atoms with van der Waals surface area (Å²) >= 11 is 1.56. The largest absolute Gasteiger partial charge is 0.332 e. The standard InChI is InChI=1S/C13H19N3O2S2/c1-3-6-10(11-7-5-8-19-11)16-20(17,18)13-9-14-12(4-2)15-13/h5,7-10,16H,3-4,6H2,1-2H3,(H,14,15). The summed E-state index contributed by atoms with van der Waals surface area (Å²) in [6.45, 7) is 3.97. The van der Waals surface area contributed by atoms with E-state index in [1.807, 2.05) is 31.4 Å². The molecule has 2 heterocycles. The van der Waals surface area contributed by atoms with Gasteiger partial charge < -0.3 is 4.98 Å². The molecule has 0 saturated carbocycles. The molecule has 0 spiro atoms. The van der Waals surface area contributed by atoms with Crippen LogP contribution in [0.3, 0.4) is 0 Å². The molecule has 0 aliphatic carbocycles. The van der Waals surface area contributed by atoms with Crippen LogP contribution in [0, 0.1) is 0 Å². The monoisotopic (exact) mass is 313 g/mol. The van der Waals surface area contributed by atoms with Gasteiger partial charge in [-0.05, 0) is 17.9 Å². The zero-order chi connectivity index (χ0) is 14.6. The van der Waals surface area contributed by atoms with Crippen LogP contribution in [-0.4, -0.2) is 18.4 Å². The molecule has 0 aromatic carbocycles. The van der Waals surface area contributed by atoms with Crippen LogP contribution in [0.4, 0.5) is 0 Å². The van der Waals surface area contributed by atoms with Gasteiger partial charge in [-0.2, -0.15) is 0 Å². The Morgan fingerprint density at radius 2 is 2.25 bits per heavy atom. The normalized spacial score (nSPS) is 13.5. The third-order valence-electron chi connectivity index (χ3n) is 2.99. The van der Waals surface area contributed by atoms with Crippen molar-refractivity contribution in [3.63, 3.8) is 0 Å². The lowest BCUT2D eigenvalue weighted by Gasteiger charge is -2.16. The first kappa shape index (κ1) is 15.2. The van der Waals surface area contributed by atoms with E-state index in [1.165, 1.54) is 6.20 Å². The van der Waals surface area contributed by atoms with E-state index in [2.05, 4.69) is 14.7 Å². The number of aromatic nitrogens is 2. The van der Waals surface area contributed by atoms with Crippen molar-refractivity contribution < 1.29 is 8.42 Å². The molecule has 0 aliphatic heterocycles. The minimum atomic E-state index is -3.56. The molecule has 1 unspecified atom stereocenters. The third kappa shape index (κ3) is 3.47. The van der Waals surface area contributed by atoms with Crippen LogP contribution >= 0.6 is 11.3 Å². The zero-order valence-electron chi connectivity index (χ0n) is 11.6. The fraction of sp³-hybridized carbons (Fsp3) is 0.462. The molecule has 0 aliphatic rings. The first-order chi connectivity index (χ1) is 9.56. The molecule has 2 aromatic rings. The maximum atomic E-state index is 12.4. The summed E-state index contributed by atoms with van der Waals surface area (Å²) in [5.41, 5.74) is 0. The molecule has 110 valence electrons. The highest BCUT2D eigenvalue weighted by atomic mass is 32.2. The molecule has 2 N–H and O–H groups in total. The molecule has 0 amide bonds. The summed E-state index contributed by atoms with van der Waals surface area (Å²) in [7, 11) is -3.56. The van der Waals surface area contributed by atoms with Gasteiger partial charge in [-0.15, -0.1) is 11.3 Å². The van der Waals surface area contributed by atoms with E-state index in [-0.39, 0.29) is 11.1 Å². The number of nitrogens with zero attached hydrogens (tertiary/aromatic N) is 1. The lowest BCUT2D eigenvalue weighted by atomic mass is 10.1. The molecule has 0 fully saturated rings. The molecular formula is C13H19N3O2S2. The number of thiophene rings is 1. The summed E-state index contributed by atoms with van der Waals surface area (Å²) in [5.74, 6) is 0.675. The van der Waals surface area contributed by atoms with Gasteiger partial charge in [0.25, 0.3) is 10.0 Å². The van der Waals surface area contributed by atoms with Crippen LogP contribution in [0.1, 0.15) is 43.4 Å². The number of hydrogen-bond acceptors (Lipinski definition) is 4. The van der Waals surface area contributed by atoms with Gasteiger partial charge in [-0.1, -0.05) is 26.3 Å². The van der Waals surface area contributed by atoms with E-state index in [9.17, 15) is 8.42 Å². The highest BCUT2D eigenvalue weighted by Crippen LogP contribution is 2.25. The maximum absolute atomic E-state index is 12.4. The van der Waals surface area contributed by atoms with Crippen molar-refractivity contribution in [2.75, 3.05) is 0 Å².